The zero-order chi connectivity index (χ0) is 15.7. The van der Waals surface area contributed by atoms with Crippen molar-refractivity contribution < 1.29 is 23.8 Å². The van der Waals surface area contributed by atoms with E-state index >= 15 is 0 Å². The maximum absolute atomic E-state index is 12.8. The molecule has 21 heavy (non-hydrogen) atoms. The lowest BCUT2D eigenvalue weighted by atomic mass is 10.2. The number of rotatable bonds is 9. The van der Waals surface area contributed by atoms with Gasteiger partial charge in [0, 0.05) is 26.2 Å². The Hall–Kier alpha value is -1.95. The fourth-order valence-corrected chi connectivity index (χ4v) is 1.83. The highest BCUT2D eigenvalue weighted by atomic mass is 19.1. The van der Waals surface area contributed by atoms with Crippen LogP contribution in [0.15, 0.2) is 24.3 Å². The van der Waals surface area contributed by atoms with Crippen molar-refractivity contribution in [1.29, 1.82) is 0 Å². The maximum Gasteiger partial charge on any atom is 0.323 e. The van der Waals surface area contributed by atoms with Crippen molar-refractivity contribution >= 4 is 11.9 Å². The van der Waals surface area contributed by atoms with Gasteiger partial charge in [0.1, 0.15) is 12.4 Å². The molecule has 1 N–H and O–H groups in total. The SMILES string of the molecule is CCOCCCC(=O)N(CC(=O)O)Cc1ccc(F)cc1. The highest BCUT2D eigenvalue weighted by molar-refractivity contribution is 5.81. The molecule has 0 fully saturated rings. The third-order valence-corrected chi connectivity index (χ3v) is 2.85. The summed E-state index contributed by atoms with van der Waals surface area (Å²) >= 11 is 0. The van der Waals surface area contributed by atoms with Crippen LogP contribution in [0.1, 0.15) is 25.3 Å². The Morgan fingerprint density at radius 2 is 1.95 bits per heavy atom. The van der Waals surface area contributed by atoms with Crippen molar-refractivity contribution in [2.45, 2.75) is 26.3 Å². The number of benzene rings is 1. The van der Waals surface area contributed by atoms with Gasteiger partial charge in [-0.2, -0.15) is 0 Å². The molecule has 0 atom stereocenters. The zero-order valence-corrected chi connectivity index (χ0v) is 12.0. The van der Waals surface area contributed by atoms with E-state index in [1.165, 1.54) is 29.2 Å². The molecule has 0 radical (unpaired) electrons. The monoisotopic (exact) mass is 297 g/mol. The largest absolute Gasteiger partial charge is 0.480 e. The van der Waals surface area contributed by atoms with E-state index in [1.54, 1.807) is 0 Å². The van der Waals surface area contributed by atoms with Crippen molar-refractivity contribution in [2.75, 3.05) is 19.8 Å². The number of ether oxygens (including phenoxy) is 1. The number of carbonyl (C=O) groups excluding carboxylic acids is 1. The summed E-state index contributed by atoms with van der Waals surface area (Å²) in [5.41, 5.74) is 0.691. The van der Waals surface area contributed by atoms with Gasteiger partial charge in [0.25, 0.3) is 0 Å². The van der Waals surface area contributed by atoms with Gasteiger partial charge in [-0.15, -0.1) is 0 Å². The van der Waals surface area contributed by atoms with Crippen molar-refractivity contribution in [3.63, 3.8) is 0 Å². The second-order valence-electron chi connectivity index (χ2n) is 4.57. The van der Waals surface area contributed by atoms with Crippen LogP contribution >= 0.6 is 0 Å². The van der Waals surface area contributed by atoms with Gasteiger partial charge in [0.05, 0.1) is 0 Å². The Kier molecular flexibility index (Phi) is 7.39. The molecule has 1 amide bonds. The second-order valence-corrected chi connectivity index (χ2v) is 4.57. The molecule has 0 aliphatic carbocycles. The average Bonchev–Trinajstić information content (AvgIpc) is 2.44. The molecule has 0 spiro atoms. The fraction of sp³-hybridized carbons (Fsp3) is 0.467. The van der Waals surface area contributed by atoms with E-state index in [1.807, 2.05) is 6.92 Å². The van der Waals surface area contributed by atoms with Gasteiger partial charge >= 0.3 is 5.97 Å². The summed E-state index contributed by atoms with van der Waals surface area (Å²) in [6, 6.07) is 5.65. The minimum atomic E-state index is -1.07. The lowest BCUT2D eigenvalue weighted by Crippen LogP contribution is -2.35. The first-order chi connectivity index (χ1) is 10.0. The molecule has 0 unspecified atom stereocenters. The normalized spacial score (nSPS) is 10.4. The molecule has 1 aromatic rings. The summed E-state index contributed by atoms with van der Waals surface area (Å²) < 4.78 is 18.0. The third-order valence-electron chi connectivity index (χ3n) is 2.85. The Balaban J connectivity index is 2.59. The van der Waals surface area contributed by atoms with E-state index in [9.17, 15) is 14.0 Å². The molecule has 0 heterocycles. The number of carboxylic acids is 1. The number of halogens is 1. The van der Waals surface area contributed by atoms with Crippen LogP contribution in [0.4, 0.5) is 4.39 Å². The number of nitrogens with zero attached hydrogens (tertiary/aromatic N) is 1. The first-order valence-electron chi connectivity index (χ1n) is 6.84. The van der Waals surface area contributed by atoms with E-state index < -0.39 is 5.97 Å². The summed E-state index contributed by atoms with van der Waals surface area (Å²) in [5, 5.41) is 8.89. The molecule has 1 aromatic carbocycles. The van der Waals surface area contributed by atoms with Gasteiger partial charge in [-0.3, -0.25) is 9.59 Å². The molecule has 0 saturated heterocycles. The summed E-state index contributed by atoms with van der Waals surface area (Å²) in [7, 11) is 0. The smallest absolute Gasteiger partial charge is 0.323 e. The predicted octanol–water partition coefficient (Wildman–Crippen LogP) is 2.06. The average molecular weight is 297 g/mol. The first-order valence-corrected chi connectivity index (χ1v) is 6.84. The second kappa shape index (κ2) is 9.07. The minimum Gasteiger partial charge on any atom is -0.480 e. The van der Waals surface area contributed by atoms with Gasteiger partial charge in [0.15, 0.2) is 0 Å². The van der Waals surface area contributed by atoms with Crippen molar-refractivity contribution in [2.24, 2.45) is 0 Å². The maximum atomic E-state index is 12.8. The zero-order valence-electron chi connectivity index (χ0n) is 12.0. The van der Waals surface area contributed by atoms with Gasteiger partial charge in [0.2, 0.25) is 5.91 Å². The first kappa shape index (κ1) is 17.1. The molecule has 0 aliphatic rings. The van der Waals surface area contributed by atoms with E-state index in [4.69, 9.17) is 9.84 Å². The Morgan fingerprint density at radius 1 is 1.29 bits per heavy atom. The highest BCUT2D eigenvalue weighted by Gasteiger charge is 2.16. The molecule has 0 aromatic heterocycles. The molecule has 1 rings (SSSR count). The molecule has 5 nitrogen and oxygen atoms in total. The van der Waals surface area contributed by atoms with Gasteiger partial charge < -0.3 is 14.7 Å². The van der Waals surface area contributed by atoms with Crippen LogP contribution in [0.2, 0.25) is 0 Å². The molecule has 0 bridgehead atoms. The van der Waals surface area contributed by atoms with Gasteiger partial charge in [-0.1, -0.05) is 12.1 Å². The summed E-state index contributed by atoms with van der Waals surface area (Å²) in [4.78, 5) is 24.2. The highest BCUT2D eigenvalue weighted by Crippen LogP contribution is 2.09. The molecule has 0 aliphatic heterocycles. The van der Waals surface area contributed by atoms with Crippen LogP contribution in [0.3, 0.4) is 0 Å². The minimum absolute atomic E-state index is 0.153. The molecule has 0 saturated carbocycles. The van der Waals surface area contributed by atoms with Crippen molar-refractivity contribution in [3.8, 4) is 0 Å². The van der Waals surface area contributed by atoms with Gasteiger partial charge in [-0.25, -0.2) is 4.39 Å². The standard InChI is InChI=1S/C15H20FNO4/c1-2-21-9-3-4-14(18)17(11-15(19)20)10-12-5-7-13(16)8-6-12/h5-8H,2-4,9-11H2,1H3,(H,19,20). The third kappa shape index (κ3) is 6.85. The molecular weight excluding hydrogens is 277 g/mol. The molecule has 6 heteroatoms. The van der Waals surface area contributed by atoms with Crippen LogP contribution < -0.4 is 0 Å². The summed E-state index contributed by atoms with van der Waals surface area (Å²) in [6.45, 7) is 2.71. The Bertz CT molecular complexity index is 461. The fourth-order valence-electron chi connectivity index (χ4n) is 1.83. The summed E-state index contributed by atoms with van der Waals surface area (Å²) in [6.07, 6.45) is 0.778. The lowest BCUT2D eigenvalue weighted by molar-refractivity contribution is -0.145. The van der Waals surface area contributed by atoms with E-state index in [0.717, 1.165) is 0 Å². The Morgan fingerprint density at radius 3 is 2.52 bits per heavy atom. The van der Waals surface area contributed by atoms with Crippen LogP contribution in [-0.2, 0) is 20.9 Å². The lowest BCUT2D eigenvalue weighted by Gasteiger charge is -2.21. The number of hydrogen-bond donors (Lipinski definition) is 1. The summed E-state index contributed by atoms with van der Waals surface area (Å²) in [5.74, 6) is -1.69. The van der Waals surface area contributed by atoms with Crippen LogP contribution in [0.5, 0.6) is 0 Å². The quantitative estimate of drug-likeness (QED) is 0.708. The number of carbonyl (C=O) groups is 2. The van der Waals surface area contributed by atoms with Crippen LogP contribution in [-0.4, -0.2) is 41.6 Å². The van der Waals surface area contributed by atoms with Crippen molar-refractivity contribution in [3.05, 3.63) is 35.6 Å². The Labute approximate surface area is 123 Å². The molecule has 116 valence electrons. The van der Waals surface area contributed by atoms with Crippen LogP contribution in [0.25, 0.3) is 0 Å². The van der Waals surface area contributed by atoms with Gasteiger partial charge in [-0.05, 0) is 31.0 Å². The number of amides is 1. The van der Waals surface area contributed by atoms with Crippen molar-refractivity contribution in [1.82, 2.24) is 4.90 Å². The van der Waals surface area contributed by atoms with E-state index in [0.29, 0.717) is 25.2 Å². The van der Waals surface area contributed by atoms with Crippen LogP contribution in [0, 0.1) is 5.82 Å². The molecular formula is C15H20FNO4. The van der Waals surface area contributed by atoms with E-state index in [-0.39, 0.29) is 31.2 Å². The van der Waals surface area contributed by atoms with E-state index in [2.05, 4.69) is 0 Å². The number of aliphatic carboxylic acids is 1. The predicted molar refractivity (Wildman–Crippen MR) is 75.2 cm³/mol. The number of carboxylic acid groups (broad SMARTS) is 1. The topological polar surface area (TPSA) is 66.8 Å². The number of hydrogen-bond acceptors (Lipinski definition) is 3.